The summed E-state index contributed by atoms with van der Waals surface area (Å²) < 4.78 is 0. The second kappa shape index (κ2) is 6.93. The van der Waals surface area contributed by atoms with Crippen LogP contribution in [0.3, 0.4) is 0 Å². The molecule has 0 aromatic carbocycles. The highest BCUT2D eigenvalue weighted by atomic mass is 16.2. The fraction of sp³-hybridized carbons (Fsp3) is 0.941. The van der Waals surface area contributed by atoms with Crippen molar-refractivity contribution in [2.45, 2.75) is 77.7 Å². The molecular formula is C17H32N2O. The van der Waals surface area contributed by atoms with E-state index < -0.39 is 0 Å². The highest BCUT2D eigenvalue weighted by molar-refractivity contribution is 5.79. The first-order chi connectivity index (χ1) is 9.54. The number of rotatable bonds is 4. The first-order valence-electron chi connectivity index (χ1n) is 8.55. The first kappa shape index (κ1) is 15.8. The van der Waals surface area contributed by atoms with Gasteiger partial charge in [-0.05, 0) is 37.0 Å². The lowest BCUT2D eigenvalue weighted by Gasteiger charge is -2.39. The van der Waals surface area contributed by atoms with Crippen LogP contribution in [0.4, 0.5) is 0 Å². The van der Waals surface area contributed by atoms with Gasteiger partial charge in [0.2, 0.25) is 5.91 Å². The fourth-order valence-electron chi connectivity index (χ4n) is 4.17. The summed E-state index contributed by atoms with van der Waals surface area (Å²) in [6.07, 6.45) is 11.1. The van der Waals surface area contributed by atoms with Crippen molar-refractivity contribution >= 4 is 5.91 Å². The summed E-state index contributed by atoms with van der Waals surface area (Å²) in [4.78, 5) is 12.7. The molecule has 0 saturated heterocycles. The van der Waals surface area contributed by atoms with Crippen LogP contribution >= 0.6 is 0 Å². The smallest absolute Gasteiger partial charge is 0.223 e. The summed E-state index contributed by atoms with van der Waals surface area (Å²) in [6.45, 7) is 5.08. The van der Waals surface area contributed by atoms with E-state index in [0.29, 0.717) is 12.5 Å². The molecule has 2 rings (SSSR count). The van der Waals surface area contributed by atoms with Gasteiger partial charge < -0.3 is 11.1 Å². The monoisotopic (exact) mass is 280 g/mol. The molecule has 20 heavy (non-hydrogen) atoms. The number of amides is 1. The molecule has 3 N–H and O–H groups in total. The molecule has 0 radical (unpaired) electrons. The maximum Gasteiger partial charge on any atom is 0.223 e. The molecule has 0 heterocycles. The Bertz CT molecular complexity index is 321. The summed E-state index contributed by atoms with van der Waals surface area (Å²) in [5.74, 6) is 1.04. The summed E-state index contributed by atoms with van der Waals surface area (Å²) in [6, 6.07) is 0.195. The van der Waals surface area contributed by atoms with Gasteiger partial charge in [0.05, 0.1) is 0 Å². The Labute approximate surface area is 124 Å². The van der Waals surface area contributed by atoms with E-state index in [4.69, 9.17) is 5.73 Å². The van der Waals surface area contributed by atoms with E-state index in [1.165, 1.54) is 51.4 Å². The average Bonchev–Trinajstić information content (AvgIpc) is 2.45. The normalized spacial score (nSPS) is 28.9. The Morgan fingerprint density at radius 1 is 1.15 bits per heavy atom. The number of hydrogen-bond acceptors (Lipinski definition) is 2. The van der Waals surface area contributed by atoms with Crippen molar-refractivity contribution in [2.24, 2.45) is 23.0 Å². The van der Waals surface area contributed by atoms with Crippen LogP contribution in [0.15, 0.2) is 0 Å². The molecule has 2 aliphatic rings. The van der Waals surface area contributed by atoms with Gasteiger partial charge in [-0.15, -0.1) is 0 Å². The minimum Gasteiger partial charge on any atom is -0.352 e. The molecule has 2 fully saturated rings. The van der Waals surface area contributed by atoms with E-state index in [1.807, 2.05) is 0 Å². The summed E-state index contributed by atoms with van der Waals surface area (Å²) in [7, 11) is 0. The summed E-state index contributed by atoms with van der Waals surface area (Å²) in [5, 5.41) is 3.30. The van der Waals surface area contributed by atoms with E-state index in [2.05, 4.69) is 19.2 Å². The lowest BCUT2D eigenvalue weighted by Crippen LogP contribution is -2.50. The quantitative estimate of drug-likeness (QED) is 0.830. The Morgan fingerprint density at radius 2 is 1.80 bits per heavy atom. The van der Waals surface area contributed by atoms with Crippen molar-refractivity contribution in [1.29, 1.82) is 0 Å². The largest absolute Gasteiger partial charge is 0.352 e. The van der Waals surface area contributed by atoms with E-state index in [0.717, 1.165) is 6.42 Å². The van der Waals surface area contributed by atoms with Crippen LogP contribution in [-0.4, -0.2) is 18.5 Å². The molecule has 0 bridgehead atoms. The molecule has 2 unspecified atom stereocenters. The predicted molar refractivity (Wildman–Crippen MR) is 83.3 cm³/mol. The van der Waals surface area contributed by atoms with Crippen molar-refractivity contribution in [3.63, 3.8) is 0 Å². The molecule has 0 aliphatic heterocycles. The molecule has 3 heteroatoms. The SMILES string of the molecule is CC1(C)CCCCC1C(=O)NC(CN)C1CCCCC1. The molecule has 116 valence electrons. The topological polar surface area (TPSA) is 55.1 Å². The second-order valence-corrected chi connectivity index (χ2v) is 7.54. The first-order valence-corrected chi connectivity index (χ1v) is 8.55. The van der Waals surface area contributed by atoms with E-state index >= 15 is 0 Å². The van der Waals surface area contributed by atoms with Crippen LogP contribution in [0, 0.1) is 17.3 Å². The zero-order chi connectivity index (χ0) is 14.6. The number of carbonyl (C=O) groups is 1. The average molecular weight is 280 g/mol. The third-order valence-corrected chi connectivity index (χ3v) is 5.62. The predicted octanol–water partition coefficient (Wildman–Crippen LogP) is 3.23. The van der Waals surface area contributed by atoms with Crippen LogP contribution in [0.5, 0.6) is 0 Å². The van der Waals surface area contributed by atoms with Gasteiger partial charge in [0.15, 0.2) is 0 Å². The maximum absolute atomic E-state index is 12.7. The summed E-state index contributed by atoms with van der Waals surface area (Å²) in [5.41, 5.74) is 6.08. The molecule has 0 spiro atoms. The molecule has 3 nitrogen and oxygen atoms in total. The highest BCUT2D eigenvalue weighted by Crippen LogP contribution is 2.40. The van der Waals surface area contributed by atoms with Crippen LogP contribution in [0.25, 0.3) is 0 Å². The Kier molecular flexibility index (Phi) is 5.48. The standard InChI is InChI=1S/C17H32N2O/c1-17(2)11-7-6-10-14(17)16(20)19-15(12-18)13-8-4-3-5-9-13/h13-15H,3-12,18H2,1-2H3,(H,19,20). The van der Waals surface area contributed by atoms with E-state index in [1.54, 1.807) is 0 Å². The van der Waals surface area contributed by atoms with E-state index in [9.17, 15) is 4.79 Å². The third kappa shape index (κ3) is 3.75. The molecule has 1 amide bonds. The molecular weight excluding hydrogens is 248 g/mol. The minimum absolute atomic E-state index is 0.147. The number of nitrogens with one attached hydrogen (secondary N) is 1. The number of carbonyl (C=O) groups excluding carboxylic acids is 1. The highest BCUT2D eigenvalue weighted by Gasteiger charge is 2.38. The lowest BCUT2D eigenvalue weighted by molar-refractivity contribution is -0.131. The minimum atomic E-state index is 0.147. The Morgan fingerprint density at radius 3 is 2.40 bits per heavy atom. The van der Waals surface area contributed by atoms with E-state index in [-0.39, 0.29) is 23.3 Å². The van der Waals surface area contributed by atoms with Crippen molar-refractivity contribution in [3.05, 3.63) is 0 Å². The zero-order valence-electron chi connectivity index (χ0n) is 13.3. The van der Waals surface area contributed by atoms with Crippen molar-refractivity contribution in [3.8, 4) is 0 Å². The lowest BCUT2D eigenvalue weighted by atomic mass is 9.68. The second-order valence-electron chi connectivity index (χ2n) is 7.54. The van der Waals surface area contributed by atoms with Crippen molar-refractivity contribution in [1.82, 2.24) is 5.32 Å². The fourth-order valence-corrected chi connectivity index (χ4v) is 4.17. The molecule has 2 atom stereocenters. The van der Waals surface area contributed by atoms with Gasteiger partial charge in [0.25, 0.3) is 0 Å². The van der Waals surface area contributed by atoms with Crippen molar-refractivity contribution in [2.75, 3.05) is 6.54 Å². The molecule has 0 aromatic heterocycles. The van der Waals surface area contributed by atoms with Crippen molar-refractivity contribution < 1.29 is 4.79 Å². The Hall–Kier alpha value is -0.570. The van der Waals surface area contributed by atoms with Gasteiger partial charge >= 0.3 is 0 Å². The number of hydrogen-bond donors (Lipinski definition) is 2. The van der Waals surface area contributed by atoms with Gasteiger partial charge in [-0.25, -0.2) is 0 Å². The van der Waals surface area contributed by atoms with Gasteiger partial charge in [0, 0.05) is 18.5 Å². The van der Waals surface area contributed by atoms with Crippen LogP contribution in [0.2, 0.25) is 0 Å². The van der Waals surface area contributed by atoms with Crippen LogP contribution in [-0.2, 0) is 4.79 Å². The Balaban J connectivity index is 1.94. The van der Waals surface area contributed by atoms with Crippen LogP contribution < -0.4 is 11.1 Å². The van der Waals surface area contributed by atoms with Gasteiger partial charge in [0.1, 0.15) is 0 Å². The van der Waals surface area contributed by atoms with Gasteiger partial charge in [-0.2, -0.15) is 0 Å². The summed E-state index contributed by atoms with van der Waals surface area (Å²) >= 11 is 0. The van der Waals surface area contributed by atoms with Crippen LogP contribution in [0.1, 0.15) is 71.6 Å². The maximum atomic E-state index is 12.7. The third-order valence-electron chi connectivity index (χ3n) is 5.62. The zero-order valence-corrected chi connectivity index (χ0v) is 13.3. The number of nitrogens with two attached hydrogens (primary N) is 1. The van der Waals surface area contributed by atoms with Gasteiger partial charge in [-0.1, -0.05) is 46.0 Å². The van der Waals surface area contributed by atoms with Gasteiger partial charge in [-0.3, -0.25) is 4.79 Å². The molecule has 2 saturated carbocycles. The molecule has 0 aromatic rings. The molecule has 2 aliphatic carbocycles.